The van der Waals surface area contributed by atoms with Crippen molar-refractivity contribution < 1.29 is 37.0 Å². The molecule has 0 bridgehead atoms. The molecule has 1 aliphatic rings. The second-order valence-electron chi connectivity index (χ2n) is 7.13. The number of methoxy groups -OCH3 is 1. The van der Waals surface area contributed by atoms with E-state index in [9.17, 15) is 22.8 Å². The van der Waals surface area contributed by atoms with E-state index >= 15 is 0 Å². The normalized spacial score (nSPS) is 12.9. The van der Waals surface area contributed by atoms with E-state index in [0.717, 1.165) is 0 Å². The Bertz CT molecular complexity index is 1170. The molecule has 3 rings (SSSR count). The summed E-state index contributed by atoms with van der Waals surface area (Å²) in [5.41, 5.74) is 7.19. The van der Waals surface area contributed by atoms with Crippen LogP contribution in [0, 0.1) is 0 Å². The molecule has 1 heterocycles. The first-order chi connectivity index (χ1) is 15.5. The molecule has 0 saturated carbocycles. The van der Waals surface area contributed by atoms with Crippen molar-refractivity contribution in [1.82, 2.24) is 0 Å². The zero-order valence-corrected chi connectivity index (χ0v) is 21.0. The Morgan fingerprint density at radius 1 is 1.15 bits per heavy atom. The van der Waals surface area contributed by atoms with Gasteiger partial charge >= 0.3 is 11.9 Å². The predicted molar refractivity (Wildman–Crippen MR) is 132 cm³/mol. The standard InChI is InChI=1S/C12H19NO4S.C10H7NO4.H2S/c1-4-17-12-7-9(5-6-11(12)16-2)10(13)8-18(3,14)15;1-5(12)11-7-4-2-3-6-8(7)10(14)15-9(6)13;/h5-7,10H,4,8,13H2,1-3H3;2-4H,1H3,(H,11,12);1H2/t10-;;/m1../s1. The number of amides is 1. The summed E-state index contributed by atoms with van der Waals surface area (Å²) in [6.07, 6.45) is 1.17. The minimum absolute atomic E-state index is 0. The van der Waals surface area contributed by atoms with E-state index in [1.807, 2.05) is 6.92 Å². The van der Waals surface area contributed by atoms with Gasteiger partial charge in [-0.15, -0.1) is 0 Å². The van der Waals surface area contributed by atoms with E-state index in [0.29, 0.717) is 29.4 Å². The van der Waals surface area contributed by atoms with E-state index in [1.54, 1.807) is 37.4 Å². The summed E-state index contributed by atoms with van der Waals surface area (Å²) in [6, 6.07) is 9.22. The number of ether oxygens (including phenoxy) is 3. The number of nitrogens with one attached hydrogen (secondary N) is 1. The smallest absolute Gasteiger partial charge is 0.349 e. The molecule has 3 N–H and O–H groups in total. The average molecular weight is 513 g/mol. The molecule has 0 aromatic heterocycles. The molecule has 34 heavy (non-hydrogen) atoms. The van der Waals surface area contributed by atoms with Crippen LogP contribution in [0.5, 0.6) is 11.5 Å². The lowest BCUT2D eigenvalue weighted by molar-refractivity contribution is -0.114. The van der Waals surface area contributed by atoms with Crippen molar-refractivity contribution in [2.45, 2.75) is 19.9 Å². The molecular formula is C22H28N2O8S2. The monoisotopic (exact) mass is 512 g/mol. The van der Waals surface area contributed by atoms with Gasteiger partial charge in [0.2, 0.25) is 5.91 Å². The summed E-state index contributed by atoms with van der Waals surface area (Å²) >= 11 is 0. The number of sulfone groups is 1. The second kappa shape index (κ2) is 12.4. The minimum Gasteiger partial charge on any atom is -0.493 e. The summed E-state index contributed by atoms with van der Waals surface area (Å²) < 4.78 is 37.4. The third kappa shape index (κ3) is 7.75. The van der Waals surface area contributed by atoms with Gasteiger partial charge in [0.05, 0.1) is 36.3 Å². The number of carbonyl (C=O) groups is 3. The van der Waals surface area contributed by atoms with Gasteiger partial charge in [0.25, 0.3) is 0 Å². The molecule has 1 atom stereocenters. The third-order valence-electron chi connectivity index (χ3n) is 4.38. The number of rotatable bonds is 7. The van der Waals surface area contributed by atoms with Crippen LogP contribution in [0.4, 0.5) is 5.69 Å². The molecule has 0 unspecified atom stereocenters. The SMILES string of the molecule is CC(=O)Nc1cccc2c1C(=O)OC2=O.CCOc1cc([C@H](N)CS(C)(=O)=O)ccc1OC.S. The van der Waals surface area contributed by atoms with Crippen molar-refractivity contribution in [3.8, 4) is 11.5 Å². The fourth-order valence-electron chi connectivity index (χ4n) is 3.04. The highest BCUT2D eigenvalue weighted by Gasteiger charge is 2.32. The zero-order chi connectivity index (χ0) is 24.8. The number of esters is 2. The topological polar surface area (TPSA) is 151 Å². The van der Waals surface area contributed by atoms with Crippen LogP contribution in [-0.2, 0) is 19.4 Å². The summed E-state index contributed by atoms with van der Waals surface area (Å²) in [5.74, 6) is -0.629. The van der Waals surface area contributed by atoms with Gasteiger partial charge < -0.3 is 25.3 Å². The molecule has 0 saturated heterocycles. The van der Waals surface area contributed by atoms with Gasteiger partial charge in [-0.2, -0.15) is 13.5 Å². The van der Waals surface area contributed by atoms with Gasteiger partial charge in [0.1, 0.15) is 9.84 Å². The first-order valence-corrected chi connectivity index (χ1v) is 11.9. The van der Waals surface area contributed by atoms with Crippen LogP contribution < -0.4 is 20.5 Å². The Morgan fingerprint density at radius 2 is 1.82 bits per heavy atom. The Kier molecular flexibility index (Phi) is 10.6. The summed E-state index contributed by atoms with van der Waals surface area (Å²) in [6.45, 7) is 3.69. The maximum absolute atomic E-state index is 11.3. The fourth-order valence-corrected chi connectivity index (χ4v) is 3.89. The van der Waals surface area contributed by atoms with Gasteiger partial charge in [-0.05, 0) is 36.8 Å². The van der Waals surface area contributed by atoms with Crippen LogP contribution in [0.3, 0.4) is 0 Å². The van der Waals surface area contributed by atoms with Gasteiger partial charge in [-0.3, -0.25) is 4.79 Å². The molecule has 186 valence electrons. The molecule has 0 spiro atoms. The van der Waals surface area contributed by atoms with Crippen LogP contribution in [0.1, 0.15) is 46.2 Å². The molecule has 1 aliphatic heterocycles. The predicted octanol–water partition coefficient (Wildman–Crippen LogP) is 2.21. The van der Waals surface area contributed by atoms with Crippen molar-refractivity contribution in [2.24, 2.45) is 5.73 Å². The number of anilines is 1. The summed E-state index contributed by atoms with van der Waals surface area (Å²) in [4.78, 5) is 33.3. The zero-order valence-electron chi connectivity index (χ0n) is 19.2. The number of benzene rings is 2. The van der Waals surface area contributed by atoms with Crippen LogP contribution in [0.15, 0.2) is 36.4 Å². The maximum atomic E-state index is 11.3. The summed E-state index contributed by atoms with van der Waals surface area (Å²) in [5, 5.41) is 2.46. The van der Waals surface area contributed by atoms with Gasteiger partial charge in [-0.25, -0.2) is 18.0 Å². The highest BCUT2D eigenvalue weighted by Crippen LogP contribution is 2.30. The highest BCUT2D eigenvalue weighted by molar-refractivity contribution is 7.90. The molecule has 2 aromatic carbocycles. The largest absolute Gasteiger partial charge is 0.493 e. The quantitative estimate of drug-likeness (QED) is 0.420. The van der Waals surface area contributed by atoms with E-state index in [2.05, 4.69) is 10.1 Å². The minimum atomic E-state index is -3.11. The Labute approximate surface area is 205 Å². The molecule has 0 fully saturated rings. The van der Waals surface area contributed by atoms with Crippen molar-refractivity contribution in [1.29, 1.82) is 0 Å². The highest BCUT2D eigenvalue weighted by atomic mass is 32.2. The van der Waals surface area contributed by atoms with E-state index < -0.39 is 27.8 Å². The van der Waals surface area contributed by atoms with Crippen molar-refractivity contribution in [2.75, 3.05) is 31.0 Å². The van der Waals surface area contributed by atoms with Crippen LogP contribution in [0.25, 0.3) is 0 Å². The number of hydrogen-bond acceptors (Lipinski definition) is 9. The molecule has 2 aromatic rings. The van der Waals surface area contributed by atoms with Crippen molar-refractivity contribution >= 4 is 46.9 Å². The number of carbonyl (C=O) groups excluding carboxylic acids is 3. The number of fused-ring (bicyclic) bond motifs is 1. The van der Waals surface area contributed by atoms with Crippen LogP contribution in [-0.4, -0.2) is 52.0 Å². The lowest BCUT2D eigenvalue weighted by atomic mass is 10.1. The number of hydrogen-bond donors (Lipinski definition) is 2. The molecule has 12 heteroatoms. The van der Waals surface area contributed by atoms with Crippen LogP contribution in [0.2, 0.25) is 0 Å². The van der Waals surface area contributed by atoms with E-state index in [1.165, 1.54) is 19.2 Å². The first kappa shape index (κ1) is 28.9. The van der Waals surface area contributed by atoms with Gasteiger partial charge in [0, 0.05) is 19.2 Å². The van der Waals surface area contributed by atoms with Crippen molar-refractivity contribution in [3.05, 3.63) is 53.1 Å². The number of nitrogens with two attached hydrogens (primary N) is 1. The fraction of sp³-hybridized carbons (Fsp3) is 0.318. The lowest BCUT2D eigenvalue weighted by Crippen LogP contribution is -2.20. The molecule has 1 amide bonds. The second-order valence-corrected chi connectivity index (χ2v) is 9.31. The van der Waals surface area contributed by atoms with Crippen LogP contribution >= 0.6 is 13.5 Å². The van der Waals surface area contributed by atoms with E-state index in [-0.39, 0.29) is 36.3 Å². The maximum Gasteiger partial charge on any atom is 0.349 e. The lowest BCUT2D eigenvalue weighted by Gasteiger charge is -2.15. The molecule has 0 radical (unpaired) electrons. The number of cyclic esters (lactones) is 2. The first-order valence-electron chi connectivity index (χ1n) is 9.88. The molecular weight excluding hydrogens is 484 g/mol. The van der Waals surface area contributed by atoms with E-state index in [4.69, 9.17) is 15.2 Å². The van der Waals surface area contributed by atoms with Gasteiger partial charge in [-0.1, -0.05) is 12.1 Å². The Morgan fingerprint density at radius 3 is 2.38 bits per heavy atom. The third-order valence-corrected chi connectivity index (χ3v) is 5.35. The molecule has 0 aliphatic carbocycles. The average Bonchev–Trinajstić information content (AvgIpc) is 3.01. The Hall–Kier alpha value is -3.09. The molecule has 10 nitrogen and oxygen atoms in total. The summed E-state index contributed by atoms with van der Waals surface area (Å²) in [7, 11) is -1.56. The van der Waals surface area contributed by atoms with Gasteiger partial charge in [0.15, 0.2) is 11.5 Å². The van der Waals surface area contributed by atoms with Crippen molar-refractivity contribution in [3.63, 3.8) is 0 Å². The Balaban J connectivity index is 0.000000334.